The van der Waals surface area contributed by atoms with Gasteiger partial charge < -0.3 is 10.1 Å². The normalized spacial score (nSPS) is 28.6. The first-order valence-electron chi connectivity index (χ1n) is 7.31. The summed E-state index contributed by atoms with van der Waals surface area (Å²) in [6, 6.07) is 6.93. The van der Waals surface area contributed by atoms with Crippen molar-refractivity contribution in [1.29, 1.82) is 0 Å². The maximum atomic E-state index is 5.70. The molecule has 1 spiro atoms. The Morgan fingerprint density at radius 2 is 2.22 bits per heavy atom. The molecular weight excluding hydrogens is 222 g/mol. The van der Waals surface area contributed by atoms with Crippen molar-refractivity contribution in [2.24, 2.45) is 5.41 Å². The van der Waals surface area contributed by atoms with Crippen molar-refractivity contribution in [2.75, 3.05) is 19.7 Å². The van der Waals surface area contributed by atoms with E-state index in [1.165, 1.54) is 50.8 Å². The Labute approximate surface area is 109 Å². The van der Waals surface area contributed by atoms with E-state index < -0.39 is 0 Å². The van der Waals surface area contributed by atoms with Crippen LogP contribution < -0.4 is 10.1 Å². The second kappa shape index (κ2) is 3.99. The molecule has 3 aliphatic rings. The van der Waals surface area contributed by atoms with Crippen molar-refractivity contribution in [2.45, 2.75) is 38.0 Å². The van der Waals surface area contributed by atoms with Gasteiger partial charge in [-0.15, -0.1) is 0 Å². The van der Waals surface area contributed by atoms with Gasteiger partial charge in [-0.1, -0.05) is 12.1 Å². The molecule has 2 fully saturated rings. The second-order valence-electron chi connectivity index (χ2n) is 6.36. The summed E-state index contributed by atoms with van der Waals surface area (Å²) in [4.78, 5) is 0. The highest BCUT2D eigenvalue weighted by atomic mass is 16.5. The minimum atomic E-state index is 0.650. The predicted octanol–water partition coefficient (Wildman–Crippen LogP) is 2.87. The molecule has 18 heavy (non-hydrogen) atoms. The molecule has 0 aromatic heterocycles. The third kappa shape index (κ3) is 1.66. The van der Waals surface area contributed by atoms with Crippen LogP contribution in [0.5, 0.6) is 5.75 Å². The monoisotopic (exact) mass is 243 g/mol. The minimum absolute atomic E-state index is 0.650. The average Bonchev–Trinajstić information content (AvgIpc) is 2.83. The number of hydrogen-bond donors (Lipinski definition) is 1. The first-order chi connectivity index (χ1) is 8.85. The summed E-state index contributed by atoms with van der Waals surface area (Å²) in [5, 5.41) is 3.45. The minimum Gasteiger partial charge on any atom is -0.493 e. The van der Waals surface area contributed by atoms with Crippen molar-refractivity contribution in [3.8, 4) is 5.75 Å². The maximum absolute atomic E-state index is 5.70. The van der Waals surface area contributed by atoms with E-state index in [1.54, 1.807) is 5.56 Å². The zero-order valence-electron chi connectivity index (χ0n) is 10.9. The first kappa shape index (κ1) is 10.9. The quantitative estimate of drug-likeness (QED) is 0.819. The highest BCUT2D eigenvalue weighted by Gasteiger charge is 2.43. The molecule has 1 aromatic rings. The molecule has 1 saturated carbocycles. The largest absolute Gasteiger partial charge is 0.493 e. The summed E-state index contributed by atoms with van der Waals surface area (Å²) in [7, 11) is 0. The smallest absolute Gasteiger partial charge is 0.122 e. The van der Waals surface area contributed by atoms with Gasteiger partial charge in [0.15, 0.2) is 0 Å². The fourth-order valence-electron chi connectivity index (χ4n) is 3.93. The molecule has 1 N–H and O–H groups in total. The molecule has 96 valence electrons. The van der Waals surface area contributed by atoms with Crippen LogP contribution in [0.25, 0.3) is 0 Å². The standard InChI is InChI=1S/C16H21NO/c1-2-13-8-12(3-4-15(13)18-7-1)14-5-6-16(9-14)10-17-11-16/h3-4,8,14,17H,1-2,5-7,9-11H2. The summed E-state index contributed by atoms with van der Waals surface area (Å²) in [6.07, 6.45) is 6.55. The van der Waals surface area contributed by atoms with Crippen LogP contribution in [-0.2, 0) is 6.42 Å². The summed E-state index contributed by atoms with van der Waals surface area (Å²) in [5.41, 5.74) is 3.64. The summed E-state index contributed by atoms with van der Waals surface area (Å²) >= 11 is 0. The molecule has 2 nitrogen and oxygen atoms in total. The van der Waals surface area contributed by atoms with Crippen LogP contribution in [0.4, 0.5) is 0 Å². The molecule has 1 atom stereocenters. The van der Waals surface area contributed by atoms with E-state index in [9.17, 15) is 0 Å². The number of rotatable bonds is 1. The Morgan fingerprint density at radius 1 is 1.28 bits per heavy atom. The lowest BCUT2D eigenvalue weighted by atomic mass is 9.79. The lowest BCUT2D eigenvalue weighted by Crippen LogP contribution is -2.51. The zero-order valence-corrected chi connectivity index (χ0v) is 10.9. The first-order valence-corrected chi connectivity index (χ1v) is 7.31. The molecule has 0 radical (unpaired) electrons. The molecule has 2 heteroatoms. The van der Waals surface area contributed by atoms with Gasteiger partial charge in [0.25, 0.3) is 0 Å². The second-order valence-corrected chi connectivity index (χ2v) is 6.36. The highest BCUT2D eigenvalue weighted by molar-refractivity contribution is 5.40. The predicted molar refractivity (Wildman–Crippen MR) is 72.2 cm³/mol. The van der Waals surface area contributed by atoms with Crippen LogP contribution in [0.3, 0.4) is 0 Å². The van der Waals surface area contributed by atoms with Gasteiger partial charge in [-0.3, -0.25) is 0 Å². The van der Waals surface area contributed by atoms with E-state index in [-0.39, 0.29) is 0 Å². The highest BCUT2D eigenvalue weighted by Crippen LogP contribution is 2.49. The maximum Gasteiger partial charge on any atom is 0.122 e. The van der Waals surface area contributed by atoms with Gasteiger partial charge in [-0.2, -0.15) is 0 Å². The van der Waals surface area contributed by atoms with Crippen molar-refractivity contribution in [3.63, 3.8) is 0 Å². The molecule has 2 heterocycles. The third-order valence-corrected chi connectivity index (χ3v) is 5.11. The van der Waals surface area contributed by atoms with Crippen LogP contribution in [-0.4, -0.2) is 19.7 Å². The van der Waals surface area contributed by atoms with Crippen molar-refractivity contribution >= 4 is 0 Å². The number of hydrogen-bond acceptors (Lipinski definition) is 2. The van der Waals surface area contributed by atoms with Crippen LogP contribution in [0.15, 0.2) is 18.2 Å². The topological polar surface area (TPSA) is 21.3 Å². The zero-order chi connectivity index (χ0) is 12.0. The van der Waals surface area contributed by atoms with Crippen LogP contribution in [0, 0.1) is 5.41 Å². The van der Waals surface area contributed by atoms with Gasteiger partial charge in [-0.05, 0) is 60.6 Å². The van der Waals surface area contributed by atoms with Gasteiger partial charge >= 0.3 is 0 Å². The van der Waals surface area contributed by atoms with Crippen molar-refractivity contribution < 1.29 is 4.74 Å². The Bertz CT molecular complexity index is 464. The molecule has 2 aliphatic heterocycles. The molecule has 1 saturated heterocycles. The lowest BCUT2D eigenvalue weighted by molar-refractivity contribution is 0.175. The fraction of sp³-hybridized carbons (Fsp3) is 0.625. The van der Waals surface area contributed by atoms with E-state index >= 15 is 0 Å². The number of nitrogens with one attached hydrogen (secondary N) is 1. The molecule has 1 unspecified atom stereocenters. The van der Waals surface area contributed by atoms with Crippen LogP contribution in [0.2, 0.25) is 0 Å². The molecule has 4 rings (SSSR count). The van der Waals surface area contributed by atoms with Gasteiger partial charge in [-0.25, -0.2) is 0 Å². The summed E-state index contributed by atoms with van der Waals surface area (Å²) in [6.45, 7) is 3.39. The van der Waals surface area contributed by atoms with Gasteiger partial charge in [0.1, 0.15) is 5.75 Å². The fourth-order valence-corrected chi connectivity index (χ4v) is 3.93. The Hall–Kier alpha value is -1.02. The number of benzene rings is 1. The molecular formula is C16H21NO. The average molecular weight is 243 g/mol. The summed E-state index contributed by atoms with van der Waals surface area (Å²) in [5.74, 6) is 1.92. The van der Waals surface area contributed by atoms with Gasteiger partial charge in [0.2, 0.25) is 0 Å². The lowest BCUT2D eigenvalue weighted by Gasteiger charge is -2.39. The Balaban J connectivity index is 1.58. The number of fused-ring (bicyclic) bond motifs is 1. The van der Waals surface area contributed by atoms with E-state index in [0.29, 0.717) is 5.41 Å². The van der Waals surface area contributed by atoms with E-state index in [4.69, 9.17) is 4.74 Å². The van der Waals surface area contributed by atoms with E-state index in [1.807, 2.05) is 0 Å². The Kier molecular flexibility index (Phi) is 2.41. The van der Waals surface area contributed by atoms with Crippen LogP contribution >= 0.6 is 0 Å². The molecule has 1 aliphatic carbocycles. The molecule has 1 aromatic carbocycles. The number of aryl methyl sites for hydroxylation is 1. The molecule has 0 amide bonds. The van der Waals surface area contributed by atoms with E-state index in [2.05, 4.69) is 23.5 Å². The van der Waals surface area contributed by atoms with E-state index in [0.717, 1.165) is 18.3 Å². The summed E-state index contributed by atoms with van der Waals surface area (Å²) < 4.78 is 5.70. The van der Waals surface area contributed by atoms with Crippen molar-refractivity contribution in [1.82, 2.24) is 5.32 Å². The SMILES string of the molecule is c1cc2c(cc1C1CCC3(CNC3)C1)CCCO2. The Morgan fingerprint density at radius 3 is 3.00 bits per heavy atom. The van der Waals surface area contributed by atoms with Gasteiger partial charge in [0.05, 0.1) is 6.61 Å². The van der Waals surface area contributed by atoms with Gasteiger partial charge in [0, 0.05) is 13.1 Å². The van der Waals surface area contributed by atoms with Crippen molar-refractivity contribution in [3.05, 3.63) is 29.3 Å². The van der Waals surface area contributed by atoms with Crippen LogP contribution in [0.1, 0.15) is 42.7 Å². The third-order valence-electron chi connectivity index (χ3n) is 5.11. The number of ether oxygens (including phenoxy) is 1. The molecule has 0 bridgehead atoms.